The molecular formula is C11H21F3N2O. The minimum atomic E-state index is -4.18. The third kappa shape index (κ3) is 5.70. The molecule has 3 nitrogen and oxygen atoms in total. The van der Waals surface area contributed by atoms with Gasteiger partial charge in [0.1, 0.15) is 0 Å². The van der Waals surface area contributed by atoms with Gasteiger partial charge in [-0.3, -0.25) is 4.90 Å². The molecule has 0 aliphatic carbocycles. The van der Waals surface area contributed by atoms with Crippen LogP contribution in [0.3, 0.4) is 0 Å². The van der Waals surface area contributed by atoms with Crippen molar-refractivity contribution in [3.63, 3.8) is 0 Å². The number of alkyl halides is 3. The molecule has 17 heavy (non-hydrogen) atoms. The maximum Gasteiger partial charge on any atom is 0.401 e. The third-order valence-electron chi connectivity index (χ3n) is 2.86. The van der Waals surface area contributed by atoms with E-state index in [9.17, 15) is 13.2 Å². The maximum absolute atomic E-state index is 12.3. The molecule has 0 aromatic heterocycles. The molecule has 1 rings (SSSR count). The van der Waals surface area contributed by atoms with Crippen molar-refractivity contribution in [1.82, 2.24) is 4.90 Å². The van der Waals surface area contributed by atoms with Gasteiger partial charge in [-0.05, 0) is 26.7 Å². The first-order valence-electron chi connectivity index (χ1n) is 5.89. The Hall–Kier alpha value is -0.330. The second kappa shape index (κ2) is 5.54. The van der Waals surface area contributed by atoms with E-state index >= 15 is 0 Å². The van der Waals surface area contributed by atoms with Gasteiger partial charge in [-0.15, -0.1) is 0 Å². The van der Waals surface area contributed by atoms with E-state index in [2.05, 4.69) is 0 Å². The molecular weight excluding hydrogens is 233 g/mol. The van der Waals surface area contributed by atoms with Gasteiger partial charge in [-0.2, -0.15) is 13.2 Å². The molecule has 0 aromatic rings. The van der Waals surface area contributed by atoms with Crippen LogP contribution in [-0.2, 0) is 4.74 Å². The lowest BCUT2D eigenvalue weighted by molar-refractivity contribution is -0.150. The molecule has 2 N–H and O–H groups in total. The number of halogens is 3. The number of hydrogen-bond acceptors (Lipinski definition) is 3. The molecule has 0 saturated carbocycles. The van der Waals surface area contributed by atoms with Gasteiger partial charge in [-0.1, -0.05) is 0 Å². The summed E-state index contributed by atoms with van der Waals surface area (Å²) in [6.45, 7) is 3.80. The summed E-state index contributed by atoms with van der Waals surface area (Å²) in [5.41, 5.74) is 5.11. The number of rotatable bonds is 5. The first kappa shape index (κ1) is 14.7. The standard InChI is InChI=1S/C11H21F3N2O/c1-10(2)4-3-9(17-10)7-16(6-5-15)8-11(12,13)14/h9H,3-8,15H2,1-2H3. The lowest BCUT2D eigenvalue weighted by Crippen LogP contribution is -2.42. The van der Waals surface area contributed by atoms with Crippen molar-refractivity contribution in [3.8, 4) is 0 Å². The van der Waals surface area contributed by atoms with Gasteiger partial charge in [0.2, 0.25) is 0 Å². The summed E-state index contributed by atoms with van der Waals surface area (Å²) in [4.78, 5) is 1.33. The minimum absolute atomic E-state index is 0.112. The lowest BCUT2D eigenvalue weighted by Gasteiger charge is -2.27. The van der Waals surface area contributed by atoms with Gasteiger partial charge in [0.05, 0.1) is 18.2 Å². The second-order valence-corrected chi connectivity index (χ2v) is 5.18. The smallest absolute Gasteiger partial charge is 0.371 e. The van der Waals surface area contributed by atoms with E-state index in [-0.39, 0.29) is 24.8 Å². The summed E-state index contributed by atoms with van der Waals surface area (Å²) in [7, 11) is 0. The van der Waals surface area contributed by atoms with E-state index < -0.39 is 12.7 Å². The molecule has 0 amide bonds. The van der Waals surface area contributed by atoms with Gasteiger partial charge >= 0.3 is 6.18 Å². The first-order chi connectivity index (χ1) is 7.72. The van der Waals surface area contributed by atoms with Gasteiger partial charge < -0.3 is 10.5 Å². The first-order valence-corrected chi connectivity index (χ1v) is 5.89. The Labute approximate surface area is 100 Å². The molecule has 1 fully saturated rings. The summed E-state index contributed by atoms with van der Waals surface area (Å²) in [5, 5.41) is 0. The highest BCUT2D eigenvalue weighted by Crippen LogP contribution is 2.30. The monoisotopic (exact) mass is 254 g/mol. The number of hydrogen-bond donors (Lipinski definition) is 1. The van der Waals surface area contributed by atoms with Crippen LogP contribution in [0.5, 0.6) is 0 Å². The Balaban J connectivity index is 2.44. The molecule has 0 aromatic carbocycles. The highest BCUT2D eigenvalue weighted by Gasteiger charge is 2.35. The van der Waals surface area contributed by atoms with Crippen molar-refractivity contribution < 1.29 is 17.9 Å². The Bertz CT molecular complexity index is 243. The number of ether oxygens (including phenoxy) is 1. The Morgan fingerprint density at radius 3 is 2.47 bits per heavy atom. The lowest BCUT2D eigenvalue weighted by atomic mass is 10.1. The average molecular weight is 254 g/mol. The highest BCUT2D eigenvalue weighted by molar-refractivity contribution is 4.83. The van der Waals surface area contributed by atoms with E-state index in [0.717, 1.165) is 12.8 Å². The molecule has 1 heterocycles. The summed E-state index contributed by atoms with van der Waals surface area (Å²) < 4.78 is 42.7. The fourth-order valence-electron chi connectivity index (χ4n) is 2.17. The van der Waals surface area contributed by atoms with Crippen molar-refractivity contribution in [3.05, 3.63) is 0 Å². The highest BCUT2D eigenvalue weighted by atomic mass is 19.4. The topological polar surface area (TPSA) is 38.5 Å². The van der Waals surface area contributed by atoms with Crippen molar-refractivity contribution in [1.29, 1.82) is 0 Å². The largest absolute Gasteiger partial charge is 0.401 e. The summed E-state index contributed by atoms with van der Waals surface area (Å²) in [6, 6.07) is 0. The van der Waals surface area contributed by atoms with Gasteiger partial charge in [0.15, 0.2) is 0 Å². The molecule has 102 valence electrons. The van der Waals surface area contributed by atoms with Crippen molar-refractivity contribution in [2.24, 2.45) is 5.73 Å². The van der Waals surface area contributed by atoms with Crippen LogP contribution in [0.15, 0.2) is 0 Å². The molecule has 0 bridgehead atoms. The Morgan fingerprint density at radius 2 is 2.06 bits per heavy atom. The van der Waals surface area contributed by atoms with Crippen molar-refractivity contribution >= 4 is 0 Å². The van der Waals surface area contributed by atoms with E-state index in [1.54, 1.807) is 0 Å². The quantitative estimate of drug-likeness (QED) is 0.812. The second-order valence-electron chi connectivity index (χ2n) is 5.18. The molecule has 1 saturated heterocycles. The average Bonchev–Trinajstić information content (AvgIpc) is 2.42. The maximum atomic E-state index is 12.3. The fraction of sp³-hybridized carbons (Fsp3) is 1.00. The normalized spacial score (nSPS) is 24.5. The number of nitrogens with zero attached hydrogens (tertiary/aromatic N) is 1. The predicted octanol–water partition coefficient (Wildman–Crippen LogP) is 1.77. The summed E-state index contributed by atoms with van der Waals surface area (Å²) in [6.07, 6.45) is -2.59. The molecule has 1 aliphatic heterocycles. The van der Waals surface area contributed by atoms with Crippen LogP contribution in [0.2, 0.25) is 0 Å². The minimum Gasteiger partial charge on any atom is -0.371 e. The van der Waals surface area contributed by atoms with Crippen LogP contribution in [0.4, 0.5) is 13.2 Å². The Kier molecular flexibility index (Phi) is 4.80. The van der Waals surface area contributed by atoms with E-state index in [1.165, 1.54) is 4.90 Å². The molecule has 1 aliphatic rings. The van der Waals surface area contributed by atoms with Crippen LogP contribution in [-0.4, -0.2) is 49.0 Å². The van der Waals surface area contributed by atoms with Gasteiger partial charge in [0.25, 0.3) is 0 Å². The molecule has 0 radical (unpaired) electrons. The summed E-state index contributed by atoms with van der Waals surface area (Å²) in [5.74, 6) is 0. The molecule has 0 spiro atoms. The zero-order valence-corrected chi connectivity index (χ0v) is 10.4. The fourth-order valence-corrected chi connectivity index (χ4v) is 2.17. The van der Waals surface area contributed by atoms with Crippen LogP contribution in [0.1, 0.15) is 26.7 Å². The number of nitrogens with two attached hydrogens (primary N) is 1. The van der Waals surface area contributed by atoms with Crippen LogP contribution in [0.25, 0.3) is 0 Å². The SMILES string of the molecule is CC1(C)CCC(CN(CCN)CC(F)(F)F)O1. The van der Waals surface area contributed by atoms with Crippen LogP contribution in [0, 0.1) is 0 Å². The van der Waals surface area contributed by atoms with E-state index in [4.69, 9.17) is 10.5 Å². The van der Waals surface area contributed by atoms with Crippen LogP contribution >= 0.6 is 0 Å². The zero-order valence-electron chi connectivity index (χ0n) is 10.4. The summed E-state index contributed by atoms with van der Waals surface area (Å²) >= 11 is 0. The Morgan fingerprint density at radius 1 is 1.41 bits per heavy atom. The van der Waals surface area contributed by atoms with Gasteiger partial charge in [0, 0.05) is 19.6 Å². The molecule has 1 unspecified atom stereocenters. The third-order valence-corrected chi connectivity index (χ3v) is 2.86. The zero-order chi connectivity index (χ0) is 13.1. The van der Waals surface area contributed by atoms with E-state index in [0.29, 0.717) is 6.54 Å². The van der Waals surface area contributed by atoms with E-state index in [1.807, 2.05) is 13.8 Å². The van der Waals surface area contributed by atoms with Crippen molar-refractivity contribution in [2.45, 2.75) is 44.6 Å². The van der Waals surface area contributed by atoms with Crippen LogP contribution < -0.4 is 5.73 Å². The molecule has 6 heteroatoms. The van der Waals surface area contributed by atoms with Gasteiger partial charge in [-0.25, -0.2) is 0 Å². The molecule has 1 atom stereocenters. The predicted molar refractivity (Wildman–Crippen MR) is 59.7 cm³/mol. The van der Waals surface area contributed by atoms with Crippen molar-refractivity contribution in [2.75, 3.05) is 26.2 Å².